The fourth-order valence-electron chi connectivity index (χ4n) is 3.48. The number of hydrogen-bond acceptors (Lipinski definition) is 5. The Kier molecular flexibility index (Phi) is 6.82. The van der Waals surface area contributed by atoms with E-state index in [2.05, 4.69) is 5.32 Å². The molecule has 0 unspecified atom stereocenters. The van der Waals surface area contributed by atoms with Crippen LogP contribution >= 0.6 is 0 Å². The van der Waals surface area contributed by atoms with Gasteiger partial charge in [0.15, 0.2) is 0 Å². The Morgan fingerprint density at radius 3 is 2.40 bits per heavy atom. The summed E-state index contributed by atoms with van der Waals surface area (Å²) in [6.07, 6.45) is 4.76. The van der Waals surface area contributed by atoms with Crippen LogP contribution in [0.15, 0.2) is 24.3 Å². The van der Waals surface area contributed by atoms with E-state index < -0.39 is 17.4 Å². The second-order valence-electron chi connectivity index (χ2n) is 6.73. The number of amides is 1. The van der Waals surface area contributed by atoms with Crippen molar-refractivity contribution in [3.05, 3.63) is 29.8 Å². The molecule has 0 saturated heterocycles. The number of carbonyl (C=O) groups excluding carboxylic acids is 2. The predicted octanol–water partition coefficient (Wildman–Crippen LogP) is 2.07. The number of carbonyl (C=O) groups is 2. The third-order valence-electron chi connectivity index (χ3n) is 5.04. The normalized spacial score (nSPS) is 17.0. The van der Waals surface area contributed by atoms with Gasteiger partial charge in [0.25, 0.3) is 0 Å². The third kappa shape index (κ3) is 4.95. The van der Waals surface area contributed by atoms with Crippen LogP contribution in [0.3, 0.4) is 0 Å². The molecule has 0 aliphatic heterocycles. The van der Waals surface area contributed by atoms with E-state index in [1.165, 1.54) is 7.11 Å². The van der Waals surface area contributed by atoms with Crippen molar-refractivity contribution in [2.24, 2.45) is 5.41 Å². The van der Waals surface area contributed by atoms with E-state index in [0.29, 0.717) is 25.1 Å². The van der Waals surface area contributed by atoms with Gasteiger partial charge in [0, 0.05) is 25.8 Å². The van der Waals surface area contributed by atoms with Crippen molar-refractivity contribution in [3.8, 4) is 0 Å². The Morgan fingerprint density at radius 1 is 1.20 bits per heavy atom. The zero-order chi connectivity index (χ0) is 18.3. The van der Waals surface area contributed by atoms with Gasteiger partial charge in [-0.2, -0.15) is 0 Å². The number of esters is 1. The highest BCUT2D eigenvalue weighted by molar-refractivity contribution is 5.88. The maximum absolute atomic E-state index is 13.0. The van der Waals surface area contributed by atoms with E-state index in [0.717, 1.165) is 31.2 Å². The molecule has 1 aliphatic carbocycles. The fourth-order valence-corrected chi connectivity index (χ4v) is 3.48. The van der Waals surface area contributed by atoms with Gasteiger partial charge in [0.1, 0.15) is 6.04 Å². The average molecular weight is 348 g/mol. The van der Waals surface area contributed by atoms with E-state index in [1.807, 2.05) is 12.1 Å². The van der Waals surface area contributed by atoms with Crippen molar-refractivity contribution >= 4 is 17.6 Å². The lowest BCUT2D eigenvalue weighted by Gasteiger charge is -2.29. The van der Waals surface area contributed by atoms with Crippen LogP contribution in [0.1, 0.15) is 37.7 Å². The highest BCUT2D eigenvalue weighted by Crippen LogP contribution is 2.41. The number of nitrogens with two attached hydrogens (primary N) is 1. The van der Waals surface area contributed by atoms with E-state index >= 15 is 0 Å². The molecular weight excluding hydrogens is 320 g/mol. The lowest BCUT2D eigenvalue weighted by Crippen LogP contribution is -2.49. The first-order valence-corrected chi connectivity index (χ1v) is 8.73. The maximum Gasteiger partial charge on any atom is 0.328 e. The van der Waals surface area contributed by atoms with Crippen molar-refractivity contribution < 1.29 is 19.1 Å². The van der Waals surface area contributed by atoms with Crippen LogP contribution < -0.4 is 11.1 Å². The van der Waals surface area contributed by atoms with Crippen LogP contribution in [0.2, 0.25) is 0 Å². The molecule has 138 valence electrons. The minimum atomic E-state index is -0.707. The maximum atomic E-state index is 13.0. The first kappa shape index (κ1) is 19.2. The van der Waals surface area contributed by atoms with Gasteiger partial charge in [0.2, 0.25) is 5.91 Å². The summed E-state index contributed by atoms with van der Waals surface area (Å²) in [5.74, 6) is -0.516. The molecule has 0 spiro atoms. The summed E-state index contributed by atoms with van der Waals surface area (Å²) in [6.45, 7) is 0.536. The monoisotopic (exact) mass is 348 g/mol. The molecule has 1 aliphatic rings. The van der Waals surface area contributed by atoms with Gasteiger partial charge in [-0.15, -0.1) is 0 Å². The van der Waals surface area contributed by atoms with Crippen molar-refractivity contribution in [3.63, 3.8) is 0 Å². The molecule has 0 bridgehead atoms. The Balaban J connectivity index is 2.10. The first-order valence-electron chi connectivity index (χ1n) is 8.73. The summed E-state index contributed by atoms with van der Waals surface area (Å²) < 4.78 is 10.1. The van der Waals surface area contributed by atoms with E-state index in [4.69, 9.17) is 15.2 Å². The molecule has 25 heavy (non-hydrogen) atoms. The molecule has 1 saturated carbocycles. The van der Waals surface area contributed by atoms with E-state index in [9.17, 15) is 9.59 Å². The van der Waals surface area contributed by atoms with Crippen LogP contribution in [0.25, 0.3) is 0 Å². The average Bonchev–Trinajstić information content (AvgIpc) is 3.10. The number of methoxy groups -OCH3 is 2. The minimum absolute atomic E-state index is 0.0760. The van der Waals surface area contributed by atoms with E-state index in [-0.39, 0.29) is 5.91 Å². The van der Waals surface area contributed by atoms with Crippen LogP contribution in [-0.2, 0) is 25.5 Å². The van der Waals surface area contributed by atoms with Crippen molar-refractivity contribution in [1.82, 2.24) is 5.32 Å². The standard InChI is InChI=1S/C19H28N2O4/c1-24-12-11-19(9-3-4-10-19)18(23)21-16(17(22)25-2)13-14-5-7-15(20)8-6-14/h5-8,16H,3-4,9-13,20H2,1-2H3,(H,21,23)/t16-/m0/s1. The number of rotatable bonds is 8. The molecule has 1 fully saturated rings. The minimum Gasteiger partial charge on any atom is -0.467 e. The zero-order valence-corrected chi connectivity index (χ0v) is 15.0. The molecule has 1 aromatic carbocycles. The molecule has 6 nitrogen and oxygen atoms in total. The number of benzene rings is 1. The van der Waals surface area contributed by atoms with Crippen molar-refractivity contribution in [2.45, 2.75) is 44.6 Å². The van der Waals surface area contributed by atoms with Gasteiger partial charge in [-0.1, -0.05) is 25.0 Å². The zero-order valence-electron chi connectivity index (χ0n) is 15.0. The first-order chi connectivity index (χ1) is 12.0. The molecule has 1 aromatic rings. The Hall–Kier alpha value is -2.08. The second kappa shape index (κ2) is 8.85. The summed E-state index contributed by atoms with van der Waals surface area (Å²) >= 11 is 0. The SMILES string of the molecule is COCCC1(C(=O)N[C@@H](Cc2ccc(N)cc2)C(=O)OC)CCCC1. The highest BCUT2D eigenvalue weighted by atomic mass is 16.5. The molecule has 0 radical (unpaired) electrons. The number of anilines is 1. The second-order valence-corrected chi connectivity index (χ2v) is 6.73. The van der Waals surface area contributed by atoms with Crippen LogP contribution in [0.5, 0.6) is 0 Å². The molecule has 0 heterocycles. The Bertz CT molecular complexity index is 580. The summed E-state index contributed by atoms with van der Waals surface area (Å²) in [5.41, 5.74) is 6.83. The molecule has 0 aromatic heterocycles. The molecular formula is C19H28N2O4. The fraction of sp³-hybridized carbons (Fsp3) is 0.579. The highest BCUT2D eigenvalue weighted by Gasteiger charge is 2.42. The molecule has 6 heteroatoms. The smallest absolute Gasteiger partial charge is 0.328 e. The topological polar surface area (TPSA) is 90.6 Å². The summed E-state index contributed by atoms with van der Waals surface area (Å²) in [4.78, 5) is 25.1. The van der Waals surface area contributed by atoms with Gasteiger partial charge in [-0.3, -0.25) is 4.79 Å². The summed E-state index contributed by atoms with van der Waals surface area (Å²) in [7, 11) is 2.97. The lowest BCUT2D eigenvalue weighted by molar-refractivity contribution is -0.146. The Morgan fingerprint density at radius 2 is 1.84 bits per heavy atom. The van der Waals surface area contributed by atoms with Gasteiger partial charge >= 0.3 is 5.97 Å². The molecule has 1 amide bonds. The summed E-state index contributed by atoms with van der Waals surface area (Å²) in [5, 5.41) is 2.92. The van der Waals surface area contributed by atoms with Crippen LogP contribution in [0, 0.1) is 5.41 Å². The van der Waals surface area contributed by atoms with Gasteiger partial charge in [0.05, 0.1) is 12.5 Å². The van der Waals surface area contributed by atoms with Crippen LogP contribution in [0.4, 0.5) is 5.69 Å². The Labute approximate surface area is 149 Å². The number of ether oxygens (including phenoxy) is 2. The van der Waals surface area contributed by atoms with Gasteiger partial charge < -0.3 is 20.5 Å². The van der Waals surface area contributed by atoms with Crippen LogP contribution in [-0.4, -0.2) is 38.7 Å². The number of nitrogens with one attached hydrogen (secondary N) is 1. The summed E-state index contributed by atoms with van der Waals surface area (Å²) in [6, 6.07) is 6.56. The molecule has 1 atom stereocenters. The third-order valence-corrected chi connectivity index (χ3v) is 5.04. The number of nitrogen functional groups attached to an aromatic ring is 1. The number of hydrogen-bond donors (Lipinski definition) is 2. The lowest BCUT2D eigenvalue weighted by atomic mass is 9.81. The van der Waals surface area contributed by atoms with Crippen molar-refractivity contribution in [1.29, 1.82) is 0 Å². The predicted molar refractivity (Wildman–Crippen MR) is 95.9 cm³/mol. The molecule has 2 rings (SSSR count). The quantitative estimate of drug-likeness (QED) is 0.554. The van der Waals surface area contributed by atoms with Gasteiger partial charge in [-0.05, 0) is 37.0 Å². The van der Waals surface area contributed by atoms with Gasteiger partial charge in [-0.25, -0.2) is 4.79 Å². The van der Waals surface area contributed by atoms with Crippen molar-refractivity contribution in [2.75, 3.05) is 26.6 Å². The largest absolute Gasteiger partial charge is 0.467 e. The van der Waals surface area contributed by atoms with E-state index in [1.54, 1.807) is 19.2 Å². The molecule has 3 N–H and O–H groups in total.